The van der Waals surface area contributed by atoms with Crippen molar-refractivity contribution in [2.75, 3.05) is 63.3 Å². The largest absolute Gasteiger partial charge is 0.493 e. The Morgan fingerprint density at radius 2 is 1.52 bits per heavy atom. The highest BCUT2D eigenvalue weighted by Crippen LogP contribution is 2.31. The molecular weight excluding hydrogens is 418 g/mol. The first kappa shape index (κ1) is 21.6. The van der Waals surface area contributed by atoms with Gasteiger partial charge < -0.3 is 19.3 Å². The molecule has 168 valence electrons. The summed E-state index contributed by atoms with van der Waals surface area (Å²) in [6.45, 7) is 5.87. The van der Waals surface area contributed by atoms with Gasteiger partial charge >= 0.3 is 0 Å². The lowest BCUT2D eigenvalue weighted by Gasteiger charge is -2.35. The molecule has 0 radical (unpaired) electrons. The van der Waals surface area contributed by atoms with Crippen molar-refractivity contribution in [2.45, 2.75) is 24.7 Å². The number of hydrogen-bond acceptors (Lipinski definition) is 8. The summed E-state index contributed by atoms with van der Waals surface area (Å²) >= 11 is 0. The van der Waals surface area contributed by atoms with Crippen LogP contribution in [0.1, 0.15) is 18.5 Å². The molecule has 0 bridgehead atoms. The molecule has 0 unspecified atom stereocenters. The molecule has 0 amide bonds. The van der Waals surface area contributed by atoms with E-state index in [2.05, 4.69) is 14.8 Å². The van der Waals surface area contributed by atoms with Crippen LogP contribution in [0.4, 0.5) is 11.8 Å². The molecule has 9 nitrogen and oxygen atoms in total. The quantitative estimate of drug-likeness (QED) is 0.664. The summed E-state index contributed by atoms with van der Waals surface area (Å²) in [6, 6.07) is 6.65. The molecule has 2 aliphatic heterocycles. The lowest BCUT2D eigenvalue weighted by atomic mass is 10.3. The lowest BCUT2D eigenvalue weighted by Crippen LogP contribution is -2.49. The van der Waals surface area contributed by atoms with Gasteiger partial charge in [-0.3, -0.25) is 0 Å². The second-order valence-corrected chi connectivity index (χ2v) is 9.71. The number of benzene rings is 1. The second-order valence-electron chi connectivity index (χ2n) is 7.77. The van der Waals surface area contributed by atoms with Crippen LogP contribution < -0.4 is 19.3 Å². The highest BCUT2D eigenvalue weighted by Gasteiger charge is 2.30. The minimum Gasteiger partial charge on any atom is -0.493 e. The highest BCUT2D eigenvalue weighted by molar-refractivity contribution is 7.89. The van der Waals surface area contributed by atoms with Crippen molar-refractivity contribution in [2.24, 2.45) is 0 Å². The van der Waals surface area contributed by atoms with Crippen molar-refractivity contribution in [3.8, 4) is 11.5 Å². The van der Waals surface area contributed by atoms with Gasteiger partial charge in [-0.05, 0) is 31.9 Å². The monoisotopic (exact) mass is 447 g/mol. The predicted molar refractivity (Wildman–Crippen MR) is 119 cm³/mol. The van der Waals surface area contributed by atoms with Gasteiger partial charge in [0.1, 0.15) is 5.82 Å². The number of sulfonamides is 1. The fraction of sp³-hybridized carbons (Fsp3) is 0.524. The Hall–Kier alpha value is -2.59. The van der Waals surface area contributed by atoms with E-state index in [1.807, 2.05) is 13.0 Å². The topological polar surface area (TPSA) is 88.1 Å². The number of anilines is 2. The Bertz CT molecular complexity index is 1030. The molecule has 2 aromatic rings. The number of aromatic nitrogens is 2. The zero-order valence-corrected chi connectivity index (χ0v) is 19.1. The second kappa shape index (κ2) is 8.88. The molecule has 0 N–H and O–H groups in total. The summed E-state index contributed by atoms with van der Waals surface area (Å²) in [4.78, 5) is 13.9. The van der Waals surface area contributed by atoms with Gasteiger partial charge in [-0.15, -0.1) is 0 Å². The number of piperazine rings is 1. The number of nitrogens with zero attached hydrogens (tertiary/aromatic N) is 5. The molecule has 0 aliphatic carbocycles. The Kier molecular flexibility index (Phi) is 6.19. The molecule has 2 aliphatic rings. The van der Waals surface area contributed by atoms with Crippen molar-refractivity contribution in [3.05, 3.63) is 30.0 Å². The third-order valence-electron chi connectivity index (χ3n) is 5.77. The molecule has 1 aromatic heterocycles. The first-order valence-corrected chi connectivity index (χ1v) is 11.9. The maximum atomic E-state index is 13.2. The van der Waals surface area contributed by atoms with Crippen molar-refractivity contribution < 1.29 is 17.9 Å². The van der Waals surface area contributed by atoms with Crippen LogP contribution in [-0.4, -0.2) is 76.2 Å². The van der Waals surface area contributed by atoms with Crippen LogP contribution in [0, 0.1) is 6.92 Å². The molecule has 0 atom stereocenters. The molecule has 2 saturated heterocycles. The fourth-order valence-corrected chi connectivity index (χ4v) is 5.48. The molecule has 4 rings (SSSR count). The van der Waals surface area contributed by atoms with Crippen molar-refractivity contribution in [1.82, 2.24) is 14.3 Å². The summed E-state index contributed by atoms with van der Waals surface area (Å²) in [5, 5.41) is 0. The molecule has 0 spiro atoms. The van der Waals surface area contributed by atoms with Crippen LogP contribution in [0.15, 0.2) is 29.2 Å². The molecule has 10 heteroatoms. The van der Waals surface area contributed by atoms with Crippen LogP contribution in [-0.2, 0) is 10.0 Å². The van der Waals surface area contributed by atoms with Gasteiger partial charge in [0, 0.05) is 57.1 Å². The van der Waals surface area contributed by atoms with E-state index in [1.165, 1.54) is 37.4 Å². The maximum absolute atomic E-state index is 13.2. The van der Waals surface area contributed by atoms with Gasteiger partial charge in [0.05, 0.1) is 19.1 Å². The van der Waals surface area contributed by atoms with E-state index >= 15 is 0 Å². The van der Waals surface area contributed by atoms with Crippen molar-refractivity contribution in [1.29, 1.82) is 0 Å². The Balaban J connectivity index is 1.48. The number of aryl methyl sites for hydroxylation is 1. The Morgan fingerprint density at radius 3 is 2.16 bits per heavy atom. The van der Waals surface area contributed by atoms with Gasteiger partial charge in [0.15, 0.2) is 11.5 Å². The van der Waals surface area contributed by atoms with Crippen molar-refractivity contribution >= 4 is 21.8 Å². The third-order valence-corrected chi connectivity index (χ3v) is 7.67. The van der Waals surface area contributed by atoms with E-state index in [4.69, 9.17) is 14.5 Å². The highest BCUT2D eigenvalue weighted by atomic mass is 32.2. The molecule has 3 heterocycles. The summed E-state index contributed by atoms with van der Waals surface area (Å²) in [5.41, 5.74) is 0.923. The van der Waals surface area contributed by atoms with Gasteiger partial charge in [-0.1, -0.05) is 0 Å². The normalized spacial score (nSPS) is 17.8. The first-order valence-electron chi connectivity index (χ1n) is 10.5. The van der Waals surface area contributed by atoms with E-state index < -0.39 is 10.0 Å². The van der Waals surface area contributed by atoms with E-state index in [0.717, 1.165) is 30.5 Å². The zero-order valence-electron chi connectivity index (χ0n) is 18.2. The van der Waals surface area contributed by atoms with E-state index in [1.54, 1.807) is 12.1 Å². The van der Waals surface area contributed by atoms with Crippen LogP contribution in [0.3, 0.4) is 0 Å². The minimum atomic E-state index is -3.62. The standard InChI is InChI=1S/C21H29N5O4S/c1-16-14-20(23-21(22-16)25-8-4-5-9-25)24-10-12-26(13-11-24)31(27,28)17-6-7-18(29-2)19(15-17)30-3/h6-7,14-15H,4-5,8-13H2,1-3H3. The molecule has 2 fully saturated rings. The van der Waals surface area contributed by atoms with Crippen LogP contribution in [0.5, 0.6) is 11.5 Å². The van der Waals surface area contributed by atoms with Gasteiger partial charge in [0.25, 0.3) is 0 Å². The zero-order chi connectivity index (χ0) is 22.0. The van der Waals surface area contributed by atoms with Gasteiger partial charge in [-0.25, -0.2) is 13.4 Å². The van der Waals surface area contributed by atoms with Gasteiger partial charge in [-0.2, -0.15) is 9.29 Å². The number of methoxy groups -OCH3 is 2. The molecule has 1 aromatic carbocycles. The van der Waals surface area contributed by atoms with Gasteiger partial charge in [0.2, 0.25) is 16.0 Å². The summed E-state index contributed by atoms with van der Waals surface area (Å²) in [7, 11) is -0.608. The first-order chi connectivity index (χ1) is 14.9. The average Bonchev–Trinajstić information content (AvgIpc) is 3.33. The Morgan fingerprint density at radius 1 is 0.839 bits per heavy atom. The fourth-order valence-electron chi connectivity index (χ4n) is 4.04. The minimum absolute atomic E-state index is 0.202. The molecular formula is C21H29N5O4S. The van der Waals surface area contributed by atoms with Crippen LogP contribution >= 0.6 is 0 Å². The number of ether oxygens (including phenoxy) is 2. The predicted octanol–water partition coefficient (Wildman–Crippen LogP) is 1.91. The number of rotatable bonds is 6. The average molecular weight is 448 g/mol. The van der Waals surface area contributed by atoms with E-state index in [9.17, 15) is 8.42 Å². The molecule has 31 heavy (non-hydrogen) atoms. The van der Waals surface area contributed by atoms with Crippen LogP contribution in [0.25, 0.3) is 0 Å². The van der Waals surface area contributed by atoms with E-state index in [-0.39, 0.29) is 4.90 Å². The maximum Gasteiger partial charge on any atom is 0.243 e. The van der Waals surface area contributed by atoms with Crippen molar-refractivity contribution in [3.63, 3.8) is 0 Å². The molecule has 0 saturated carbocycles. The smallest absolute Gasteiger partial charge is 0.243 e. The van der Waals surface area contributed by atoms with E-state index in [0.29, 0.717) is 37.7 Å². The third kappa shape index (κ3) is 4.40. The summed E-state index contributed by atoms with van der Waals surface area (Å²) < 4.78 is 38.3. The summed E-state index contributed by atoms with van der Waals surface area (Å²) in [5.74, 6) is 2.53. The SMILES string of the molecule is COc1ccc(S(=O)(=O)N2CCN(c3cc(C)nc(N4CCCC4)n3)CC2)cc1OC. The van der Waals surface area contributed by atoms with Crippen LogP contribution in [0.2, 0.25) is 0 Å². The lowest BCUT2D eigenvalue weighted by molar-refractivity contribution is 0.353. The Labute approximate surface area is 183 Å². The number of hydrogen-bond donors (Lipinski definition) is 0. The summed E-state index contributed by atoms with van der Waals surface area (Å²) in [6.07, 6.45) is 2.33.